The molecule has 0 spiro atoms. The van der Waals surface area contributed by atoms with E-state index >= 15 is 0 Å². The van der Waals surface area contributed by atoms with Crippen molar-refractivity contribution in [2.75, 3.05) is 0 Å². The molecule has 0 radical (unpaired) electrons. The largest absolute Gasteiger partial charge is 0.508 e. The van der Waals surface area contributed by atoms with Crippen LogP contribution in [0.5, 0.6) is 5.75 Å². The minimum atomic E-state index is 0.252. The van der Waals surface area contributed by atoms with Gasteiger partial charge < -0.3 is 5.11 Å². The van der Waals surface area contributed by atoms with Crippen molar-refractivity contribution in [2.24, 2.45) is 0 Å². The molecule has 0 saturated carbocycles. The van der Waals surface area contributed by atoms with Crippen molar-refractivity contribution >= 4 is 22.6 Å². The molecule has 5 heteroatoms. The molecule has 102 valence electrons. The lowest BCUT2D eigenvalue weighted by molar-refractivity contribution is 0.475. The Balaban J connectivity index is 2.05. The Bertz CT molecular complexity index is 895. The smallest absolute Gasteiger partial charge is 0.157 e. The number of phenols is 1. The highest BCUT2D eigenvalue weighted by Gasteiger charge is 2.14. The maximum absolute atomic E-state index is 9.49. The Labute approximate surface area is 125 Å². The van der Waals surface area contributed by atoms with Gasteiger partial charge in [-0.05, 0) is 54.0 Å². The molecule has 0 fully saturated rings. The summed E-state index contributed by atoms with van der Waals surface area (Å²) in [6.07, 6.45) is 1.78. The minimum Gasteiger partial charge on any atom is -0.508 e. The van der Waals surface area contributed by atoms with Crippen LogP contribution in [-0.2, 0) is 0 Å². The number of benzene rings is 2. The highest BCUT2D eigenvalue weighted by Crippen LogP contribution is 2.30. The molecule has 1 N–H and O–H groups in total. The summed E-state index contributed by atoms with van der Waals surface area (Å²) in [4.78, 5) is 5.74. The third-order valence-corrected chi connectivity index (χ3v) is 4.07. The van der Waals surface area contributed by atoms with E-state index in [-0.39, 0.29) is 5.75 Å². The lowest BCUT2D eigenvalue weighted by atomic mass is 10.2. The Kier molecular flexibility index (Phi) is 2.72. The number of imidazole rings is 1. The fourth-order valence-corrected chi connectivity index (χ4v) is 2.96. The lowest BCUT2D eigenvalue weighted by Gasteiger charge is -2.08. The number of nitrogens with zero attached hydrogens (tertiary/aromatic N) is 3. The molecule has 2 aromatic carbocycles. The van der Waals surface area contributed by atoms with E-state index in [2.05, 4.69) is 8.94 Å². The number of aromatic hydroxyl groups is 1. The van der Waals surface area contributed by atoms with Crippen LogP contribution in [0.2, 0.25) is 0 Å². The molecule has 2 heterocycles. The number of phenolic OH excluding ortho intramolecular Hbond substituents is 1. The minimum absolute atomic E-state index is 0.252. The number of hydrogen-bond acceptors (Lipinski definition) is 4. The molecule has 0 aliphatic carbocycles. The first-order chi connectivity index (χ1) is 10.3. The number of hydrogen-bond donors (Lipinski definition) is 1. The molecule has 0 aliphatic heterocycles. The van der Waals surface area contributed by atoms with E-state index in [1.165, 1.54) is 11.5 Å². The maximum atomic E-state index is 9.49. The maximum Gasteiger partial charge on any atom is 0.157 e. The van der Waals surface area contributed by atoms with Crippen molar-refractivity contribution in [3.05, 3.63) is 60.8 Å². The topological polar surface area (TPSA) is 50.9 Å². The molecule has 0 amide bonds. The van der Waals surface area contributed by atoms with Gasteiger partial charge in [0.2, 0.25) is 0 Å². The molecule has 0 aliphatic rings. The monoisotopic (exact) mass is 293 g/mol. The molecule has 4 nitrogen and oxygen atoms in total. The van der Waals surface area contributed by atoms with Crippen LogP contribution < -0.4 is 0 Å². The average molecular weight is 293 g/mol. The zero-order chi connectivity index (χ0) is 14.2. The summed E-state index contributed by atoms with van der Waals surface area (Å²) in [5.41, 5.74) is 2.94. The summed E-state index contributed by atoms with van der Waals surface area (Å²) in [7, 11) is 0. The molecular weight excluding hydrogens is 282 g/mol. The van der Waals surface area contributed by atoms with Crippen LogP contribution >= 0.6 is 11.5 Å². The Morgan fingerprint density at radius 1 is 0.952 bits per heavy atom. The summed E-state index contributed by atoms with van der Waals surface area (Å²) < 4.78 is 6.25. The van der Waals surface area contributed by atoms with Crippen LogP contribution in [-0.4, -0.2) is 19.0 Å². The Morgan fingerprint density at radius 2 is 1.76 bits per heavy atom. The fraction of sp³-hybridized carbons (Fsp3) is 0. The van der Waals surface area contributed by atoms with Gasteiger partial charge in [0.05, 0.1) is 15.9 Å². The van der Waals surface area contributed by atoms with Crippen molar-refractivity contribution in [3.63, 3.8) is 0 Å². The van der Waals surface area contributed by atoms with Crippen LogP contribution in [0.25, 0.3) is 27.4 Å². The molecule has 0 unspecified atom stereocenters. The summed E-state index contributed by atoms with van der Waals surface area (Å²) >= 11 is 1.42. The molecule has 0 saturated heterocycles. The second-order valence-electron chi connectivity index (χ2n) is 4.65. The zero-order valence-corrected chi connectivity index (χ0v) is 11.8. The standard InChI is InChI=1S/C16H11N3OS/c20-12-7-5-11(6-8-12)19-14-4-2-1-3-13(14)18-16(19)15-9-10-17-21-15/h1-10,20H. The molecule has 0 atom stereocenters. The number of aromatic nitrogens is 3. The molecule has 0 bridgehead atoms. The third kappa shape index (κ3) is 1.98. The number of rotatable bonds is 2. The first-order valence-electron chi connectivity index (χ1n) is 6.51. The highest BCUT2D eigenvalue weighted by atomic mass is 32.1. The van der Waals surface area contributed by atoms with Crippen LogP contribution in [0.1, 0.15) is 0 Å². The first-order valence-corrected chi connectivity index (χ1v) is 7.28. The van der Waals surface area contributed by atoms with Gasteiger partial charge in [0.15, 0.2) is 5.82 Å². The molecule has 21 heavy (non-hydrogen) atoms. The van der Waals surface area contributed by atoms with Gasteiger partial charge in [0, 0.05) is 11.9 Å². The van der Waals surface area contributed by atoms with Gasteiger partial charge in [-0.1, -0.05) is 12.1 Å². The van der Waals surface area contributed by atoms with Crippen molar-refractivity contribution in [3.8, 4) is 22.1 Å². The van der Waals surface area contributed by atoms with Gasteiger partial charge in [0.1, 0.15) is 5.75 Å². The average Bonchev–Trinajstić information content (AvgIpc) is 3.15. The van der Waals surface area contributed by atoms with Gasteiger partial charge in [-0.2, -0.15) is 0 Å². The lowest BCUT2D eigenvalue weighted by Crippen LogP contribution is -1.96. The molecule has 4 rings (SSSR count). The van der Waals surface area contributed by atoms with E-state index < -0.39 is 0 Å². The van der Waals surface area contributed by atoms with Gasteiger partial charge >= 0.3 is 0 Å². The summed E-state index contributed by atoms with van der Waals surface area (Å²) in [6.45, 7) is 0. The van der Waals surface area contributed by atoms with Crippen LogP contribution in [0, 0.1) is 0 Å². The predicted octanol–water partition coefficient (Wildman–Crippen LogP) is 3.85. The number of para-hydroxylation sites is 2. The van der Waals surface area contributed by atoms with Crippen molar-refractivity contribution in [2.45, 2.75) is 0 Å². The van der Waals surface area contributed by atoms with Gasteiger partial charge in [-0.15, -0.1) is 0 Å². The predicted molar refractivity (Wildman–Crippen MR) is 83.8 cm³/mol. The second kappa shape index (κ2) is 4.71. The number of fused-ring (bicyclic) bond motifs is 1. The van der Waals surface area contributed by atoms with E-state index in [0.717, 1.165) is 27.4 Å². The summed E-state index contributed by atoms with van der Waals surface area (Å²) in [5, 5.41) is 9.49. The Hall–Kier alpha value is -2.66. The van der Waals surface area contributed by atoms with Crippen LogP contribution in [0.4, 0.5) is 0 Å². The molecular formula is C16H11N3OS. The quantitative estimate of drug-likeness (QED) is 0.610. The summed E-state index contributed by atoms with van der Waals surface area (Å²) in [6, 6.07) is 17.1. The van der Waals surface area contributed by atoms with Crippen molar-refractivity contribution in [1.82, 2.24) is 13.9 Å². The fourth-order valence-electron chi connectivity index (χ4n) is 2.39. The summed E-state index contributed by atoms with van der Waals surface area (Å²) in [5.74, 6) is 1.12. The van der Waals surface area contributed by atoms with Crippen LogP contribution in [0.3, 0.4) is 0 Å². The van der Waals surface area contributed by atoms with E-state index in [0.29, 0.717) is 0 Å². The van der Waals surface area contributed by atoms with E-state index in [4.69, 9.17) is 4.98 Å². The van der Waals surface area contributed by atoms with Crippen molar-refractivity contribution < 1.29 is 5.11 Å². The highest BCUT2D eigenvalue weighted by molar-refractivity contribution is 7.09. The third-order valence-electron chi connectivity index (χ3n) is 3.33. The van der Waals surface area contributed by atoms with Gasteiger partial charge in [0.25, 0.3) is 0 Å². The van der Waals surface area contributed by atoms with Crippen LogP contribution in [0.15, 0.2) is 60.8 Å². The van der Waals surface area contributed by atoms with Gasteiger partial charge in [-0.25, -0.2) is 9.36 Å². The van der Waals surface area contributed by atoms with Crippen molar-refractivity contribution in [1.29, 1.82) is 0 Å². The SMILES string of the molecule is Oc1ccc(-n2c(-c3ccns3)nc3ccccc32)cc1. The second-order valence-corrected chi connectivity index (χ2v) is 5.49. The normalized spacial score (nSPS) is 11.0. The van der Waals surface area contributed by atoms with E-state index in [1.54, 1.807) is 18.3 Å². The first kappa shape index (κ1) is 12.1. The van der Waals surface area contributed by atoms with E-state index in [1.807, 2.05) is 42.5 Å². The molecule has 2 aromatic heterocycles. The molecule has 4 aromatic rings. The van der Waals surface area contributed by atoms with E-state index in [9.17, 15) is 5.11 Å². The van der Waals surface area contributed by atoms with Gasteiger partial charge in [-0.3, -0.25) is 4.57 Å². The Morgan fingerprint density at radius 3 is 2.52 bits per heavy atom. The zero-order valence-electron chi connectivity index (χ0n) is 11.0.